The number of carbonyl (C=O) groups excluding carboxylic acids is 1. The summed E-state index contributed by atoms with van der Waals surface area (Å²) in [5.74, 6) is 0.510. The highest BCUT2D eigenvalue weighted by Gasteiger charge is 2.33. The number of amides is 1. The molecule has 0 aliphatic carbocycles. The van der Waals surface area contributed by atoms with Gasteiger partial charge in [0.1, 0.15) is 18.6 Å². The molecule has 0 spiro atoms. The van der Waals surface area contributed by atoms with Crippen molar-refractivity contribution >= 4 is 6.41 Å². The Morgan fingerprint density at radius 1 is 1.50 bits per heavy atom. The van der Waals surface area contributed by atoms with Crippen molar-refractivity contribution < 1.29 is 13.9 Å². The first kappa shape index (κ1) is 14.6. The fourth-order valence-corrected chi connectivity index (χ4v) is 2.11. The molecular formula is C13H19FN4O2. The Hall–Kier alpha value is -1.76. The van der Waals surface area contributed by atoms with Crippen LogP contribution in [0.5, 0.6) is 5.88 Å². The van der Waals surface area contributed by atoms with Crippen molar-refractivity contribution in [2.75, 3.05) is 32.8 Å². The summed E-state index contributed by atoms with van der Waals surface area (Å²) in [5, 5.41) is 3.05. The number of hydrogen-bond acceptors (Lipinski definition) is 5. The van der Waals surface area contributed by atoms with Crippen LogP contribution < -0.4 is 10.1 Å². The molecule has 2 rings (SSSR count). The van der Waals surface area contributed by atoms with Crippen LogP contribution >= 0.6 is 0 Å². The summed E-state index contributed by atoms with van der Waals surface area (Å²) < 4.78 is 19.7. The van der Waals surface area contributed by atoms with Crippen LogP contribution in [0.25, 0.3) is 0 Å². The van der Waals surface area contributed by atoms with Gasteiger partial charge in [-0.15, -0.1) is 0 Å². The van der Waals surface area contributed by atoms with Crippen LogP contribution in [0.1, 0.15) is 12.8 Å². The SMILES string of the molecule is O=CN1CCC(F)(CNCCOc2ccncn2)CC1. The normalized spacial score (nSPS) is 17.8. The van der Waals surface area contributed by atoms with Gasteiger partial charge in [0.25, 0.3) is 0 Å². The molecule has 1 aromatic rings. The van der Waals surface area contributed by atoms with E-state index in [1.165, 1.54) is 6.33 Å². The third-order valence-electron chi connectivity index (χ3n) is 3.37. The molecule has 7 heteroatoms. The molecule has 1 saturated heterocycles. The van der Waals surface area contributed by atoms with E-state index >= 15 is 0 Å². The maximum atomic E-state index is 14.4. The molecule has 0 saturated carbocycles. The van der Waals surface area contributed by atoms with E-state index in [-0.39, 0.29) is 6.54 Å². The highest BCUT2D eigenvalue weighted by Crippen LogP contribution is 2.24. The number of carbonyl (C=O) groups is 1. The largest absolute Gasteiger partial charge is 0.476 e. The van der Waals surface area contributed by atoms with E-state index in [1.54, 1.807) is 17.2 Å². The maximum Gasteiger partial charge on any atom is 0.216 e. The number of likely N-dealkylation sites (tertiary alicyclic amines) is 1. The zero-order chi connectivity index (χ0) is 14.3. The number of piperidine rings is 1. The second-order valence-corrected chi connectivity index (χ2v) is 4.87. The van der Waals surface area contributed by atoms with Crippen LogP contribution in [0.2, 0.25) is 0 Å². The second kappa shape index (κ2) is 7.14. The van der Waals surface area contributed by atoms with Crippen molar-refractivity contribution in [3.8, 4) is 5.88 Å². The Kier molecular flexibility index (Phi) is 5.23. The molecule has 2 heterocycles. The smallest absolute Gasteiger partial charge is 0.216 e. The highest BCUT2D eigenvalue weighted by atomic mass is 19.1. The van der Waals surface area contributed by atoms with Crippen molar-refractivity contribution in [1.29, 1.82) is 0 Å². The Bertz CT molecular complexity index is 410. The average molecular weight is 282 g/mol. The van der Waals surface area contributed by atoms with Crippen molar-refractivity contribution in [1.82, 2.24) is 20.2 Å². The minimum atomic E-state index is -1.23. The molecule has 1 aliphatic rings. The van der Waals surface area contributed by atoms with Gasteiger partial charge in [-0.2, -0.15) is 0 Å². The summed E-state index contributed by atoms with van der Waals surface area (Å²) in [6, 6.07) is 1.67. The molecular weight excluding hydrogens is 263 g/mol. The molecule has 0 bridgehead atoms. The Balaban J connectivity index is 1.60. The predicted octanol–water partition coefficient (Wildman–Crippen LogP) is 0.405. The lowest BCUT2D eigenvalue weighted by Crippen LogP contribution is -2.47. The van der Waals surface area contributed by atoms with Gasteiger partial charge in [-0.1, -0.05) is 0 Å². The number of halogens is 1. The number of hydrogen-bond donors (Lipinski definition) is 1. The zero-order valence-corrected chi connectivity index (χ0v) is 11.3. The first-order valence-corrected chi connectivity index (χ1v) is 6.70. The summed E-state index contributed by atoms with van der Waals surface area (Å²) in [6.07, 6.45) is 4.56. The molecule has 1 N–H and O–H groups in total. The quantitative estimate of drug-likeness (QED) is 0.579. The van der Waals surface area contributed by atoms with E-state index in [9.17, 15) is 9.18 Å². The number of nitrogens with zero attached hydrogens (tertiary/aromatic N) is 3. The summed E-state index contributed by atoms with van der Waals surface area (Å²) in [7, 11) is 0. The van der Waals surface area contributed by atoms with Crippen LogP contribution in [-0.4, -0.2) is 59.7 Å². The molecule has 1 amide bonds. The van der Waals surface area contributed by atoms with Gasteiger partial charge in [-0.05, 0) is 0 Å². The first-order valence-electron chi connectivity index (χ1n) is 6.70. The van der Waals surface area contributed by atoms with Crippen molar-refractivity contribution in [3.05, 3.63) is 18.6 Å². The van der Waals surface area contributed by atoms with E-state index in [0.717, 1.165) is 6.41 Å². The van der Waals surface area contributed by atoms with Gasteiger partial charge >= 0.3 is 0 Å². The van der Waals surface area contributed by atoms with Gasteiger partial charge < -0.3 is 15.0 Å². The standard InChI is InChI=1S/C13H19FN4O2/c14-13(2-6-18(11-19)7-3-13)9-15-5-8-20-12-1-4-16-10-17-12/h1,4,10-11,15H,2-3,5-9H2. The fraction of sp³-hybridized carbons (Fsp3) is 0.615. The predicted molar refractivity (Wildman–Crippen MR) is 71.1 cm³/mol. The number of alkyl halides is 1. The second-order valence-electron chi connectivity index (χ2n) is 4.87. The number of rotatable bonds is 7. The lowest BCUT2D eigenvalue weighted by atomic mass is 9.93. The molecule has 1 fully saturated rings. The topological polar surface area (TPSA) is 67.4 Å². The van der Waals surface area contributed by atoms with E-state index in [4.69, 9.17) is 4.74 Å². The van der Waals surface area contributed by atoms with Crippen LogP contribution in [0, 0.1) is 0 Å². The lowest BCUT2D eigenvalue weighted by molar-refractivity contribution is -0.120. The molecule has 0 unspecified atom stereocenters. The Labute approximate surface area is 117 Å². The van der Waals surface area contributed by atoms with Crippen LogP contribution in [0.4, 0.5) is 4.39 Å². The van der Waals surface area contributed by atoms with Crippen LogP contribution in [-0.2, 0) is 4.79 Å². The van der Waals surface area contributed by atoms with E-state index in [2.05, 4.69) is 15.3 Å². The van der Waals surface area contributed by atoms with Gasteiger partial charge in [-0.3, -0.25) is 4.79 Å². The third kappa shape index (κ3) is 4.41. The Morgan fingerprint density at radius 2 is 2.30 bits per heavy atom. The van der Waals surface area contributed by atoms with E-state index in [1.807, 2.05) is 0 Å². The molecule has 1 aromatic heterocycles. The fourth-order valence-electron chi connectivity index (χ4n) is 2.11. The van der Waals surface area contributed by atoms with Crippen LogP contribution in [0.15, 0.2) is 18.6 Å². The van der Waals surface area contributed by atoms with Crippen molar-refractivity contribution in [2.24, 2.45) is 0 Å². The van der Waals surface area contributed by atoms with Gasteiger partial charge in [0.15, 0.2) is 0 Å². The molecule has 110 valence electrons. The number of nitrogens with one attached hydrogen (secondary N) is 1. The van der Waals surface area contributed by atoms with Crippen molar-refractivity contribution in [3.63, 3.8) is 0 Å². The van der Waals surface area contributed by atoms with Gasteiger partial charge in [0, 0.05) is 51.3 Å². The minimum Gasteiger partial charge on any atom is -0.476 e. The van der Waals surface area contributed by atoms with Gasteiger partial charge in [0.2, 0.25) is 12.3 Å². The number of aromatic nitrogens is 2. The molecule has 20 heavy (non-hydrogen) atoms. The third-order valence-corrected chi connectivity index (χ3v) is 3.37. The summed E-state index contributed by atoms with van der Waals surface area (Å²) in [4.78, 5) is 19.9. The van der Waals surface area contributed by atoms with Gasteiger partial charge in [0.05, 0.1) is 0 Å². The highest BCUT2D eigenvalue weighted by molar-refractivity contribution is 5.47. The lowest BCUT2D eigenvalue weighted by Gasteiger charge is -2.34. The van der Waals surface area contributed by atoms with Crippen LogP contribution in [0.3, 0.4) is 0 Å². The molecule has 0 aromatic carbocycles. The van der Waals surface area contributed by atoms with E-state index < -0.39 is 5.67 Å². The summed E-state index contributed by atoms with van der Waals surface area (Å²) >= 11 is 0. The van der Waals surface area contributed by atoms with Crippen molar-refractivity contribution in [2.45, 2.75) is 18.5 Å². The molecule has 1 aliphatic heterocycles. The first-order chi connectivity index (χ1) is 9.72. The van der Waals surface area contributed by atoms with E-state index in [0.29, 0.717) is 45.0 Å². The average Bonchev–Trinajstić information content (AvgIpc) is 2.49. The molecule has 6 nitrogen and oxygen atoms in total. The summed E-state index contributed by atoms with van der Waals surface area (Å²) in [6.45, 7) is 2.23. The zero-order valence-electron chi connectivity index (χ0n) is 11.3. The molecule has 0 radical (unpaired) electrons. The Morgan fingerprint density at radius 3 is 2.95 bits per heavy atom. The molecule has 0 atom stereocenters. The number of ether oxygens (including phenoxy) is 1. The maximum absolute atomic E-state index is 14.4. The monoisotopic (exact) mass is 282 g/mol. The summed E-state index contributed by atoms with van der Waals surface area (Å²) in [5.41, 5.74) is -1.23. The van der Waals surface area contributed by atoms with Gasteiger partial charge in [-0.25, -0.2) is 14.4 Å². The minimum absolute atomic E-state index is 0.285.